The Kier molecular flexibility index (Phi) is 7.56. The number of allylic oxidation sites excluding steroid dienone is 2. The molecule has 0 spiro atoms. The first-order valence-electron chi connectivity index (χ1n) is 12.0. The number of pyridine rings is 2. The normalized spacial score (nSPS) is 14.5. The van der Waals surface area contributed by atoms with Crippen LogP contribution in [0.15, 0.2) is 65.0 Å². The summed E-state index contributed by atoms with van der Waals surface area (Å²) in [5.74, 6) is 0.653. The summed E-state index contributed by atoms with van der Waals surface area (Å²) < 4.78 is 7.22. The van der Waals surface area contributed by atoms with E-state index in [-0.39, 0.29) is 5.56 Å². The quantitative estimate of drug-likeness (QED) is 0.478. The monoisotopic (exact) mass is 471 g/mol. The summed E-state index contributed by atoms with van der Waals surface area (Å²) in [6.45, 7) is 8.19. The minimum Gasteiger partial charge on any atom is -0.380 e. The van der Waals surface area contributed by atoms with Crippen molar-refractivity contribution in [1.29, 1.82) is 0 Å². The van der Waals surface area contributed by atoms with Crippen molar-refractivity contribution >= 4 is 5.57 Å². The fraction of sp³-hybridized carbons (Fsp3) is 0.357. The maximum Gasteiger partial charge on any atom is 0.253 e. The zero-order valence-corrected chi connectivity index (χ0v) is 21.2. The van der Waals surface area contributed by atoms with Gasteiger partial charge in [-0.25, -0.2) is 4.98 Å². The molecule has 0 atom stereocenters. The Balaban J connectivity index is 1.72. The molecule has 0 aliphatic carbocycles. The second-order valence-corrected chi connectivity index (χ2v) is 8.89. The van der Waals surface area contributed by atoms with Gasteiger partial charge in [-0.1, -0.05) is 19.1 Å². The number of methoxy groups -OCH3 is 1. The maximum absolute atomic E-state index is 12.3. The standard InChI is InChI=1S/C28H33N5O2/c1-6-7-26(24(18-35-5)20(3)28-29-12-10-27(34)32(28)4)33-13-11-25-23(17-33)14-22(16-31-25)21-9-8-19(2)30-15-21/h7-10,12,14-16H,6,11,13,17-18H2,1-5H3/b24-20-,26-7-. The smallest absolute Gasteiger partial charge is 0.253 e. The van der Waals surface area contributed by atoms with Crippen LogP contribution < -0.4 is 5.56 Å². The SMILES string of the molecule is CC/C=C(/C(COC)=C(/C)c1nccc(=O)n1C)N1CCc2ncc(-c3ccc(C)nc3)cc2C1. The Morgan fingerprint density at radius 3 is 2.66 bits per heavy atom. The molecule has 0 bridgehead atoms. The van der Waals surface area contributed by atoms with Gasteiger partial charge in [-0.3, -0.25) is 19.3 Å². The van der Waals surface area contributed by atoms with Crippen LogP contribution in [-0.4, -0.2) is 44.7 Å². The second-order valence-electron chi connectivity index (χ2n) is 8.89. The number of aromatic nitrogens is 4. The largest absolute Gasteiger partial charge is 0.380 e. The average Bonchev–Trinajstić information content (AvgIpc) is 2.87. The van der Waals surface area contributed by atoms with Gasteiger partial charge < -0.3 is 9.64 Å². The molecule has 1 aliphatic rings. The van der Waals surface area contributed by atoms with E-state index in [9.17, 15) is 4.79 Å². The van der Waals surface area contributed by atoms with Crippen LogP contribution in [0.25, 0.3) is 16.7 Å². The van der Waals surface area contributed by atoms with Crippen LogP contribution in [0.5, 0.6) is 0 Å². The van der Waals surface area contributed by atoms with Crippen LogP contribution in [0, 0.1) is 6.92 Å². The van der Waals surface area contributed by atoms with Crippen molar-refractivity contribution in [3.63, 3.8) is 0 Å². The number of ether oxygens (including phenoxy) is 1. The fourth-order valence-corrected chi connectivity index (χ4v) is 4.54. The van der Waals surface area contributed by atoms with E-state index >= 15 is 0 Å². The van der Waals surface area contributed by atoms with E-state index in [1.165, 1.54) is 11.6 Å². The van der Waals surface area contributed by atoms with Gasteiger partial charge in [0.2, 0.25) is 0 Å². The zero-order valence-electron chi connectivity index (χ0n) is 21.2. The van der Waals surface area contributed by atoms with Gasteiger partial charge in [0.25, 0.3) is 5.56 Å². The highest BCUT2D eigenvalue weighted by Crippen LogP contribution is 2.31. The Morgan fingerprint density at radius 1 is 1.14 bits per heavy atom. The maximum atomic E-state index is 12.3. The summed E-state index contributed by atoms with van der Waals surface area (Å²) in [5, 5.41) is 0. The first-order chi connectivity index (χ1) is 16.9. The molecule has 0 amide bonds. The van der Waals surface area contributed by atoms with Crippen molar-refractivity contribution < 1.29 is 4.74 Å². The summed E-state index contributed by atoms with van der Waals surface area (Å²) in [6.07, 6.45) is 9.41. The molecule has 0 radical (unpaired) electrons. The molecular formula is C28H33N5O2. The molecule has 0 saturated carbocycles. The summed E-state index contributed by atoms with van der Waals surface area (Å²) >= 11 is 0. The van der Waals surface area contributed by atoms with E-state index in [2.05, 4.69) is 40.0 Å². The number of hydrogen-bond donors (Lipinski definition) is 0. The third kappa shape index (κ3) is 5.25. The van der Waals surface area contributed by atoms with Gasteiger partial charge in [-0.15, -0.1) is 0 Å². The summed E-state index contributed by atoms with van der Waals surface area (Å²) in [4.78, 5) is 28.4. The molecule has 0 aromatic carbocycles. The van der Waals surface area contributed by atoms with Gasteiger partial charge in [0.1, 0.15) is 5.82 Å². The Hall–Kier alpha value is -3.58. The molecule has 182 valence electrons. The van der Waals surface area contributed by atoms with Crippen molar-refractivity contribution in [2.75, 3.05) is 20.3 Å². The Bertz CT molecular complexity index is 1320. The van der Waals surface area contributed by atoms with E-state index in [0.29, 0.717) is 12.4 Å². The van der Waals surface area contributed by atoms with E-state index < -0.39 is 0 Å². The molecule has 0 unspecified atom stereocenters. The van der Waals surface area contributed by atoms with Crippen LogP contribution in [0.4, 0.5) is 0 Å². The molecule has 1 aliphatic heterocycles. The van der Waals surface area contributed by atoms with Crippen LogP contribution in [0.2, 0.25) is 0 Å². The fourth-order valence-electron chi connectivity index (χ4n) is 4.54. The van der Waals surface area contributed by atoms with Gasteiger partial charge in [0.15, 0.2) is 0 Å². The van der Waals surface area contributed by atoms with Gasteiger partial charge in [-0.2, -0.15) is 0 Å². The predicted molar refractivity (Wildman–Crippen MR) is 139 cm³/mol. The van der Waals surface area contributed by atoms with E-state index in [0.717, 1.165) is 65.3 Å². The van der Waals surface area contributed by atoms with Crippen LogP contribution >= 0.6 is 0 Å². The average molecular weight is 472 g/mol. The lowest BCUT2D eigenvalue weighted by Crippen LogP contribution is -2.32. The summed E-state index contributed by atoms with van der Waals surface area (Å²) in [5.41, 5.74) is 8.52. The highest BCUT2D eigenvalue weighted by molar-refractivity contribution is 5.67. The summed E-state index contributed by atoms with van der Waals surface area (Å²) in [6, 6.07) is 7.83. The van der Waals surface area contributed by atoms with Gasteiger partial charge in [-0.05, 0) is 43.5 Å². The highest BCUT2D eigenvalue weighted by atomic mass is 16.5. The third-order valence-electron chi connectivity index (χ3n) is 6.47. The molecule has 3 aromatic heterocycles. The van der Waals surface area contributed by atoms with Crippen molar-refractivity contribution in [2.45, 2.75) is 40.2 Å². The zero-order chi connectivity index (χ0) is 24.9. The Morgan fingerprint density at radius 2 is 1.94 bits per heavy atom. The van der Waals surface area contributed by atoms with Crippen LogP contribution in [0.1, 0.15) is 43.0 Å². The highest BCUT2D eigenvalue weighted by Gasteiger charge is 2.24. The number of aryl methyl sites for hydroxylation is 1. The van der Waals surface area contributed by atoms with Gasteiger partial charge >= 0.3 is 0 Å². The van der Waals surface area contributed by atoms with Gasteiger partial charge in [0.05, 0.1) is 6.61 Å². The first kappa shape index (κ1) is 24.5. The number of nitrogens with zero attached hydrogens (tertiary/aromatic N) is 5. The topological polar surface area (TPSA) is 73.1 Å². The van der Waals surface area contributed by atoms with E-state index in [4.69, 9.17) is 9.72 Å². The molecule has 0 N–H and O–H groups in total. The molecule has 35 heavy (non-hydrogen) atoms. The molecule has 7 nitrogen and oxygen atoms in total. The first-order valence-corrected chi connectivity index (χ1v) is 12.0. The van der Waals surface area contributed by atoms with E-state index in [1.54, 1.807) is 24.9 Å². The molecule has 3 aromatic rings. The Labute approximate surface area is 206 Å². The van der Waals surface area contributed by atoms with E-state index in [1.807, 2.05) is 32.3 Å². The second kappa shape index (κ2) is 10.8. The number of hydrogen-bond acceptors (Lipinski definition) is 6. The van der Waals surface area contributed by atoms with Crippen molar-refractivity contribution in [2.24, 2.45) is 7.05 Å². The summed E-state index contributed by atoms with van der Waals surface area (Å²) in [7, 11) is 3.46. The third-order valence-corrected chi connectivity index (χ3v) is 6.47. The number of rotatable bonds is 7. The molecule has 4 heterocycles. The lowest BCUT2D eigenvalue weighted by Gasteiger charge is -2.34. The van der Waals surface area contributed by atoms with Gasteiger partial charge in [0, 0.05) is 92.1 Å². The van der Waals surface area contributed by atoms with Crippen molar-refractivity contribution in [3.05, 3.63) is 93.3 Å². The lowest BCUT2D eigenvalue weighted by molar-refractivity contribution is 0.219. The molecule has 0 fully saturated rings. The predicted octanol–water partition coefficient (Wildman–Crippen LogP) is 4.32. The molecular weight excluding hydrogens is 438 g/mol. The molecule has 4 rings (SSSR count). The van der Waals surface area contributed by atoms with Crippen molar-refractivity contribution in [1.82, 2.24) is 24.4 Å². The molecule has 7 heteroatoms. The lowest BCUT2D eigenvalue weighted by atomic mass is 9.97. The number of fused-ring (bicyclic) bond motifs is 1. The minimum absolute atomic E-state index is 0.0803. The van der Waals surface area contributed by atoms with Crippen LogP contribution in [0.3, 0.4) is 0 Å². The van der Waals surface area contributed by atoms with Crippen molar-refractivity contribution in [3.8, 4) is 11.1 Å². The van der Waals surface area contributed by atoms with Crippen LogP contribution in [-0.2, 0) is 24.8 Å². The molecule has 0 saturated heterocycles. The minimum atomic E-state index is -0.0803.